The zero-order valence-electron chi connectivity index (χ0n) is 11.7. The minimum atomic E-state index is -0.461. The van der Waals surface area contributed by atoms with Gasteiger partial charge in [-0.2, -0.15) is 10.4 Å². The summed E-state index contributed by atoms with van der Waals surface area (Å²) in [6.45, 7) is 8.87. The maximum absolute atomic E-state index is 9.64. The summed E-state index contributed by atoms with van der Waals surface area (Å²) in [7, 11) is 0. The zero-order valence-corrected chi connectivity index (χ0v) is 11.7. The van der Waals surface area contributed by atoms with Crippen molar-refractivity contribution in [2.45, 2.75) is 58.7 Å². The lowest BCUT2D eigenvalue weighted by Crippen LogP contribution is -2.52. The Morgan fingerprint density at radius 2 is 2.22 bits per heavy atom. The van der Waals surface area contributed by atoms with E-state index in [2.05, 4.69) is 36.4 Å². The number of rotatable bonds is 5. The molecular formula is C14H22N4. The number of nitriles is 1. The molecule has 1 unspecified atom stereocenters. The van der Waals surface area contributed by atoms with Crippen LogP contribution in [-0.2, 0) is 6.54 Å². The molecule has 4 heteroatoms. The summed E-state index contributed by atoms with van der Waals surface area (Å²) in [5, 5.41) is 17.6. The SMILES string of the molecule is Cc1cc(C)n(CC(C#N)(NC(C)C)C2CC2)n1. The van der Waals surface area contributed by atoms with Crippen LogP contribution in [0.25, 0.3) is 0 Å². The number of aryl methyl sites for hydroxylation is 2. The minimum absolute atomic E-state index is 0.308. The molecule has 18 heavy (non-hydrogen) atoms. The first-order valence-corrected chi connectivity index (χ1v) is 6.67. The highest BCUT2D eigenvalue weighted by atomic mass is 15.3. The molecule has 1 N–H and O–H groups in total. The van der Waals surface area contributed by atoms with Gasteiger partial charge in [-0.1, -0.05) is 0 Å². The van der Waals surface area contributed by atoms with Crippen molar-refractivity contribution in [3.63, 3.8) is 0 Å². The lowest BCUT2D eigenvalue weighted by Gasteiger charge is -2.30. The molecule has 0 saturated heterocycles. The maximum Gasteiger partial charge on any atom is 0.129 e. The summed E-state index contributed by atoms with van der Waals surface area (Å²) >= 11 is 0. The van der Waals surface area contributed by atoms with Gasteiger partial charge >= 0.3 is 0 Å². The molecule has 1 aliphatic carbocycles. The van der Waals surface area contributed by atoms with Gasteiger partial charge in [0.25, 0.3) is 0 Å². The lowest BCUT2D eigenvalue weighted by atomic mass is 9.93. The van der Waals surface area contributed by atoms with Crippen molar-refractivity contribution in [2.75, 3.05) is 0 Å². The predicted molar refractivity (Wildman–Crippen MR) is 71.0 cm³/mol. The van der Waals surface area contributed by atoms with Gasteiger partial charge in [-0.25, -0.2) is 0 Å². The van der Waals surface area contributed by atoms with E-state index in [-0.39, 0.29) is 0 Å². The number of nitrogens with zero attached hydrogens (tertiary/aromatic N) is 3. The van der Waals surface area contributed by atoms with E-state index in [1.165, 1.54) is 0 Å². The third-order valence-electron chi connectivity index (χ3n) is 3.52. The third-order valence-corrected chi connectivity index (χ3v) is 3.52. The number of nitrogens with one attached hydrogen (secondary N) is 1. The topological polar surface area (TPSA) is 53.6 Å². The molecule has 1 fully saturated rings. The highest BCUT2D eigenvalue weighted by Crippen LogP contribution is 2.40. The molecule has 4 nitrogen and oxygen atoms in total. The Balaban J connectivity index is 2.25. The number of hydrogen-bond donors (Lipinski definition) is 1. The summed E-state index contributed by atoms with van der Waals surface area (Å²) in [6.07, 6.45) is 2.29. The highest BCUT2D eigenvalue weighted by molar-refractivity contribution is 5.17. The molecule has 0 aromatic carbocycles. The van der Waals surface area contributed by atoms with E-state index < -0.39 is 5.54 Å². The van der Waals surface area contributed by atoms with Crippen LogP contribution < -0.4 is 5.32 Å². The molecule has 0 amide bonds. The van der Waals surface area contributed by atoms with Gasteiger partial charge in [0.05, 0.1) is 18.3 Å². The molecule has 1 aliphatic rings. The Kier molecular flexibility index (Phi) is 3.45. The van der Waals surface area contributed by atoms with E-state index >= 15 is 0 Å². The van der Waals surface area contributed by atoms with Crippen LogP contribution in [0.4, 0.5) is 0 Å². The van der Waals surface area contributed by atoms with Crippen molar-refractivity contribution >= 4 is 0 Å². The van der Waals surface area contributed by atoms with E-state index in [4.69, 9.17) is 0 Å². The first kappa shape index (κ1) is 13.1. The predicted octanol–water partition coefficient (Wildman–Crippen LogP) is 2.17. The summed E-state index contributed by atoms with van der Waals surface area (Å²) in [5.41, 5.74) is 1.68. The van der Waals surface area contributed by atoms with Gasteiger partial charge in [0, 0.05) is 11.7 Å². The standard InChI is InChI=1S/C14H22N4/c1-10(2)16-14(8-15,13-5-6-13)9-18-12(4)7-11(3)17-18/h7,10,13,16H,5-6,9H2,1-4H3. The van der Waals surface area contributed by atoms with Gasteiger partial charge in [-0.05, 0) is 52.5 Å². The lowest BCUT2D eigenvalue weighted by molar-refractivity contribution is 0.281. The van der Waals surface area contributed by atoms with Crippen LogP contribution in [0.15, 0.2) is 6.07 Å². The molecule has 1 aromatic rings. The molecule has 0 aliphatic heterocycles. The van der Waals surface area contributed by atoms with Crippen LogP contribution in [0, 0.1) is 31.1 Å². The molecule has 0 radical (unpaired) electrons. The second-order valence-corrected chi connectivity index (χ2v) is 5.74. The van der Waals surface area contributed by atoms with Crippen LogP contribution >= 0.6 is 0 Å². The zero-order chi connectivity index (χ0) is 13.3. The van der Waals surface area contributed by atoms with Crippen molar-refractivity contribution in [1.82, 2.24) is 15.1 Å². The third kappa shape index (κ3) is 2.56. The van der Waals surface area contributed by atoms with Crippen LogP contribution in [0.5, 0.6) is 0 Å². The summed E-state index contributed by atoms with van der Waals surface area (Å²) < 4.78 is 1.96. The average Bonchev–Trinajstić information content (AvgIpc) is 3.06. The second-order valence-electron chi connectivity index (χ2n) is 5.74. The summed E-state index contributed by atoms with van der Waals surface area (Å²) in [6, 6.07) is 4.89. The number of aromatic nitrogens is 2. The monoisotopic (exact) mass is 246 g/mol. The molecule has 1 heterocycles. The average molecular weight is 246 g/mol. The molecule has 98 valence electrons. The van der Waals surface area contributed by atoms with Crippen LogP contribution in [-0.4, -0.2) is 21.4 Å². The minimum Gasteiger partial charge on any atom is -0.295 e. The smallest absolute Gasteiger partial charge is 0.129 e. The Morgan fingerprint density at radius 1 is 1.56 bits per heavy atom. The molecule has 0 spiro atoms. The van der Waals surface area contributed by atoms with Crippen molar-refractivity contribution in [1.29, 1.82) is 5.26 Å². The molecule has 1 saturated carbocycles. The molecular weight excluding hydrogens is 224 g/mol. The second kappa shape index (κ2) is 4.74. The fourth-order valence-electron chi connectivity index (χ4n) is 2.61. The van der Waals surface area contributed by atoms with Gasteiger partial charge in [-0.3, -0.25) is 10.00 Å². The normalized spacial score (nSPS) is 18.7. The Morgan fingerprint density at radius 3 is 2.61 bits per heavy atom. The van der Waals surface area contributed by atoms with Crippen LogP contribution in [0.1, 0.15) is 38.1 Å². The fourth-order valence-corrected chi connectivity index (χ4v) is 2.61. The first-order valence-electron chi connectivity index (χ1n) is 6.67. The molecule has 1 aromatic heterocycles. The van der Waals surface area contributed by atoms with Gasteiger partial charge < -0.3 is 0 Å². The van der Waals surface area contributed by atoms with E-state index in [9.17, 15) is 5.26 Å². The van der Waals surface area contributed by atoms with E-state index in [0.29, 0.717) is 18.5 Å². The van der Waals surface area contributed by atoms with E-state index in [0.717, 1.165) is 24.2 Å². The van der Waals surface area contributed by atoms with Crippen molar-refractivity contribution < 1.29 is 0 Å². The Bertz CT molecular complexity index is 465. The van der Waals surface area contributed by atoms with Crippen molar-refractivity contribution in [2.24, 2.45) is 5.92 Å². The van der Waals surface area contributed by atoms with Crippen molar-refractivity contribution in [3.8, 4) is 6.07 Å². The van der Waals surface area contributed by atoms with Gasteiger partial charge in [0.15, 0.2) is 0 Å². The maximum atomic E-state index is 9.64. The number of hydrogen-bond acceptors (Lipinski definition) is 3. The summed E-state index contributed by atoms with van der Waals surface area (Å²) in [4.78, 5) is 0. The molecule has 1 atom stereocenters. The Labute approximate surface area is 109 Å². The van der Waals surface area contributed by atoms with E-state index in [1.54, 1.807) is 0 Å². The Hall–Kier alpha value is -1.34. The van der Waals surface area contributed by atoms with E-state index in [1.807, 2.05) is 18.5 Å². The molecule has 0 bridgehead atoms. The highest BCUT2D eigenvalue weighted by Gasteiger charge is 2.46. The quantitative estimate of drug-likeness (QED) is 0.866. The fraction of sp³-hybridized carbons (Fsp3) is 0.714. The largest absolute Gasteiger partial charge is 0.295 e. The summed E-state index contributed by atoms with van der Waals surface area (Å²) in [5.74, 6) is 0.466. The molecule has 2 rings (SSSR count). The van der Waals surface area contributed by atoms with Crippen LogP contribution in [0.3, 0.4) is 0 Å². The van der Waals surface area contributed by atoms with Gasteiger partial charge in [0.2, 0.25) is 0 Å². The van der Waals surface area contributed by atoms with Gasteiger partial charge in [-0.15, -0.1) is 0 Å². The first-order chi connectivity index (χ1) is 8.47. The van der Waals surface area contributed by atoms with Crippen LogP contribution in [0.2, 0.25) is 0 Å². The van der Waals surface area contributed by atoms with Crippen molar-refractivity contribution in [3.05, 3.63) is 17.5 Å². The van der Waals surface area contributed by atoms with Gasteiger partial charge in [0.1, 0.15) is 5.54 Å².